The number of fused-ring (bicyclic) bond motifs is 1. The highest BCUT2D eigenvalue weighted by molar-refractivity contribution is 5.95. The second-order valence-corrected chi connectivity index (χ2v) is 5.36. The number of anilines is 2. The molecule has 5 nitrogen and oxygen atoms in total. The fraction of sp³-hybridized carbons (Fsp3) is 0.111. The van der Waals surface area contributed by atoms with Gasteiger partial charge in [0.2, 0.25) is 5.95 Å². The molecule has 0 saturated carbocycles. The van der Waals surface area contributed by atoms with Crippen molar-refractivity contribution in [2.45, 2.75) is 6.18 Å². The van der Waals surface area contributed by atoms with Gasteiger partial charge in [0.25, 0.3) is 0 Å². The van der Waals surface area contributed by atoms with E-state index in [0.717, 1.165) is 12.1 Å². The third-order valence-corrected chi connectivity index (χ3v) is 3.59. The number of methoxy groups -OCH3 is 1. The summed E-state index contributed by atoms with van der Waals surface area (Å²) in [6.45, 7) is 0. The van der Waals surface area contributed by atoms with Crippen LogP contribution in [-0.2, 0) is 6.18 Å². The fourth-order valence-electron chi connectivity index (χ4n) is 2.39. The summed E-state index contributed by atoms with van der Waals surface area (Å²) in [6, 6.07) is 7.90. The highest BCUT2D eigenvalue weighted by Crippen LogP contribution is 2.31. The van der Waals surface area contributed by atoms with Gasteiger partial charge in [-0.25, -0.2) is 4.98 Å². The summed E-state index contributed by atoms with van der Waals surface area (Å²) in [5.74, 6) is 6.31. The molecule has 1 aromatic heterocycles. The molecule has 0 amide bonds. The molecule has 0 saturated heterocycles. The van der Waals surface area contributed by atoms with Gasteiger partial charge >= 0.3 is 6.18 Å². The van der Waals surface area contributed by atoms with Crippen molar-refractivity contribution in [1.29, 1.82) is 0 Å². The molecular weight excluding hydrogens is 345 g/mol. The first-order valence-corrected chi connectivity index (χ1v) is 7.38. The summed E-state index contributed by atoms with van der Waals surface area (Å²) < 4.78 is 43.1. The molecule has 3 aromatic rings. The minimum atomic E-state index is -4.38. The first kappa shape index (κ1) is 17.4. The Morgan fingerprint density at radius 2 is 1.62 bits per heavy atom. The lowest BCUT2D eigenvalue weighted by molar-refractivity contribution is -0.137. The van der Waals surface area contributed by atoms with Crippen LogP contribution in [0.25, 0.3) is 10.9 Å². The van der Waals surface area contributed by atoms with Crippen LogP contribution >= 0.6 is 0 Å². The zero-order valence-corrected chi connectivity index (χ0v) is 13.6. The third kappa shape index (κ3) is 3.47. The van der Waals surface area contributed by atoms with Crippen molar-refractivity contribution in [1.82, 2.24) is 9.97 Å². The maximum absolute atomic E-state index is 12.6. The summed E-state index contributed by atoms with van der Waals surface area (Å²) in [5, 5.41) is 0.516. The van der Waals surface area contributed by atoms with Crippen molar-refractivity contribution in [3.05, 3.63) is 53.1 Å². The highest BCUT2D eigenvalue weighted by Gasteiger charge is 2.29. The number of rotatable bonds is 1. The zero-order chi connectivity index (χ0) is 18.9. The standard InChI is InChI=1S/C18H13F3N4O/c1-26-14-9-11(8-13-15(14)16(22)25-17(23)24-13)3-2-10-4-6-12(7-5-10)18(19,20)21/h4-9H,1H3,(H4,22,23,24,25). The number of nitrogen functional groups attached to an aromatic ring is 2. The number of benzene rings is 2. The Hall–Kier alpha value is -3.47. The normalized spacial score (nSPS) is 11.1. The molecule has 0 aliphatic carbocycles. The van der Waals surface area contributed by atoms with E-state index in [-0.39, 0.29) is 11.8 Å². The molecule has 0 aliphatic rings. The van der Waals surface area contributed by atoms with Gasteiger partial charge < -0.3 is 16.2 Å². The molecule has 26 heavy (non-hydrogen) atoms. The van der Waals surface area contributed by atoms with Crippen LogP contribution in [0.15, 0.2) is 36.4 Å². The van der Waals surface area contributed by atoms with Gasteiger partial charge in [0.1, 0.15) is 11.6 Å². The van der Waals surface area contributed by atoms with E-state index in [1.807, 2.05) is 0 Å². The van der Waals surface area contributed by atoms with Crippen molar-refractivity contribution in [3.63, 3.8) is 0 Å². The lowest BCUT2D eigenvalue weighted by atomic mass is 10.1. The Morgan fingerprint density at radius 3 is 2.23 bits per heavy atom. The van der Waals surface area contributed by atoms with Gasteiger partial charge in [-0.05, 0) is 36.4 Å². The largest absolute Gasteiger partial charge is 0.496 e. The second-order valence-electron chi connectivity index (χ2n) is 5.36. The van der Waals surface area contributed by atoms with Crippen LogP contribution in [0.3, 0.4) is 0 Å². The van der Waals surface area contributed by atoms with Crippen molar-refractivity contribution >= 4 is 22.7 Å². The smallest absolute Gasteiger partial charge is 0.416 e. The lowest BCUT2D eigenvalue weighted by Gasteiger charge is -2.08. The predicted molar refractivity (Wildman–Crippen MR) is 92.3 cm³/mol. The molecule has 3 rings (SSSR count). The highest BCUT2D eigenvalue weighted by atomic mass is 19.4. The quantitative estimate of drug-likeness (QED) is 0.652. The Labute approximate surface area is 146 Å². The first-order valence-electron chi connectivity index (χ1n) is 7.38. The SMILES string of the molecule is COc1cc(C#Cc2ccc(C(F)(F)F)cc2)cc2nc(N)nc(N)c12. The Balaban J connectivity index is 2.01. The van der Waals surface area contributed by atoms with Crippen molar-refractivity contribution in [2.24, 2.45) is 0 Å². The molecule has 0 aliphatic heterocycles. The number of nitrogens with two attached hydrogens (primary N) is 2. The topological polar surface area (TPSA) is 87.0 Å². The number of alkyl halides is 3. The average Bonchev–Trinajstić information content (AvgIpc) is 2.58. The van der Waals surface area contributed by atoms with Crippen LogP contribution in [0, 0.1) is 11.8 Å². The molecule has 0 spiro atoms. The summed E-state index contributed by atoms with van der Waals surface area (Å²) in [4.78, 5) is 8.01. The molecule has 8 heteroatoms. The number of aromatic nitrogens is 2. The Bertz CT molecular complexity index is 1030. The summed E-state index contributed by atoms with van der Waals surface area (Å²) in [5.41, 5.74) is 12.2. The summed E-state index contributed by atoms with van der Waals surface area (Å²) in [7, 11) is 1.47. The molecule has 132 valence electrons. The van der Waals surface area contributed by atoms with Gasteiger partial charge in [0.05, 0.1) is 23.6 Å². The van der Waals surface area contributed by atoms with Crippen LogP contribution in [-0.4, -0.2) is 17.1 Å². The minimum Gasteiger partial charge on any atom is -0.496 e. The predicted octanol–water partition coefficient (Wildman–Crippen LogP) is 3.22. The molecule has 4 N–H and O–H groups in total. The third-order valence-electron chi connectivity index (χ3n) is 3.59. The number of halogens is 3. The van der Waals surface area contributed by atoms with E-state index in [2.05, 4.69) is 21.8 Å². The van der Waals surface area contributed by atoms with Crippen LogP contribution in [0.4, 0.5) is 24.9 Å². The fourth-order valence-corrected chi connectivity index (χ4v) is 2.39. The van der Waals surface area contributed by atoms with Gasteiger partial charge in [-0.15, -0.1) is 0 Å². The number of hydrogen-bond acceptors (Lipinski definition) is 5. The minimum absolute atomic E-state index is 0.0184. The van der Waals surface area contributed by atoms with Crippen LogP contribution in [0.5, 0.6) is 5.75 Å². The van der Waals surface area contributed by atoms with Gasteiger partial charge in [-0.2, -0.15) is 18.2 Å². The first-order chi connectivity index (χ1) is 12.3. The maximum atomic E-state index is 12.6. The molecule has 0 radical (unpaired) electrons. The van der Waals surface area contributed by atoms with E-state index in [1.165, 1.54) is 19.2 Å². The summed E-state index contributed by atoms with van der Waals surface area (Å²) >= 11 is 0. The molecular formula is C18H13F3N4O. The van der Waals surface area contributed by atoms with E-state index >= 15 is 0 Å². The van der Waals surface area contributed by atoms with Crippen LogP contribution in [0.1, 0.15) is 16.7 Å². The monoisotopic (exact) mass is 358 g/mol. The zero-order valence-electron chi connectivity index (χ0n) is 13.6. The van der Waals surface area contributed by atoms with E-state index < -0.39 is 11.7 Å². The van der Waals surface area contributed by atoms with Crippen molar-refractivity contribution < 1.29 is 17.9 Å². The van der Waals surface area contributed by atoms with Crippen LogP contribution < -0.4 is 16.2 Å². The molecule has 1 heterocycles. The Kier molecular flexibility index (Phi) is 4.30. The van der Waals surface area contributed by atoms with Gasteiger partial charge in [0.15, 0.2) is 0 Å². The molecule has 0 unspecified atom stereocenters. The second kappa shape index (κ2) is 6.44. The average molecular weight is 358 g/mol. The van der Waals surface area contributed by atoms with Gasteiger partial charge in [-0.3, -0.25) is 0 Å². The van der Waals surface area contributed by atoms with E-state index in [9.17, 15) is 13.2 Å². The number of ether oxygens (including phenoxy) is 1. The lowest BCUT2D eigenvalue weighted by Crippen LogP contribution is -2.04. The van der Waals surface area contributed by atoms with Gasteiger partial charge in [-0.1, -0.05) is 11.8 Å². The summed E-state index contributed by atoms with van der Waals surface area (Å²) in [6.07, 6.45) is -4.38. The molecule has 2 aromatic carbocycles. The number of hydrogen-bond donors (Lipinski definition) is 2. The van der Waals surface area contributed by atoms with E-state index in [4.69, 9.17) is 16.2 Å². The molecule has 0 bridgehead atoms. The maximum Gasteiger partial charge on any atom is 0.416 e. The van der Waals surface area contributed by atoms with Crippen LogP contribution in [0.2, 0.25) is 0 Å². The van der Waals surface area contributed by atoms with Gasteiger partial charge in [0, 0.05) is 11.1 Å². The van der Waals surface area contributed by atoms with Crippen molar-refractivity contribution in [2.75, 3.05) is 18.6 Å². The van der Waals surface area contributed by atoms with E-state index in [1.54, 1.807) is 12.1 Å². The Morgan fingerprint density at radius 1 is 0.962 bits per heavy atom. The molecule has 0 atom stereocenters. The molecule has 0 fully saturated rings. The number of nitrogens with zero attached hydrogens (tertiary/aromatic N) is 2. The van der Waals surface area contributed by atoms with Crippen molar-refractivity contribution in [3.8, 4) is 17.6 Å². The van der Waals surface area contributed by atoms with E-state index in [0.29, 0.717) is 27.8 Å².